The minimum Gasteiger partial charge on any atom is -0.337 e. The quantitative estimate of drug-likeness (QED) is 0.692. The van der Waals surface area contributed by atoms with Gasteiger partial charge in [-0.3, -0.25) is 9.48 Å². The summed E-state index contributed by atoms with van der Waals surface area (Å²) in [4.78, 5) is 19.5. The van der Waals surface area contributed by atoms with Crippen LogP contribution in [0.2, 0.25) is 0 Å². The van der Waals surface area contributed by atoms with Crippen LogP contribution < -0.4 is 0 Å². The van der Waals surface area contributed by atoms with Gasteiger partial charge in [0.05, 0.1) is 6.54 Å². The minimum absolute atomic E-state index is 0.00381. The maximum absolute atomic E-state index is 13.1. The van der Waals surface area contributed by atoms with Crippen molar-refractivity contribution >= 4 is 5.91 Å². The zero-order valence-corrected chi connectivity index (χ0v) is 15.6. The lowest BCUT2D eigenvalue weighted by atomic mass is 10.1. The van der Waals surface area contributed by atoms with E-state index in [2.05, 4.69) is 15.2 Å². The summed E-state index contributed by atoms with van der Waals surface area (Å²) in [6.45, 7) is 5.39. The molecule has 7 heteroatoms. The Balaban J connectivity index is 1.54. The molecule has 1 aliphatic rings. The first-order valence-electron chi connectivity index (χ1n) is 9.32. The molecule has 0 N–H and O–H groups in total. The smallest absolute Gasteiger partial charge is 0.254 e. The van der Waals surface area contributed by atoms with Crippen LogP contribution in [-0.2, 0) is 6.54 Å². The molecule has 0 radical (unpaired) electrons. The number of carbonyl (C=O) groups excluding carboxylic acids is 1. The van der Waals surface area contributed by atoms with Crippen molar-refractivity contribution in [2.24, 2.45) is 0 Å². The molecule has 27 heavy (non-hydrogen) atoms. The average molecular weight is 365 g/mol. The third-order valence-corrected chi connectivity index (χ3v) is 4.85. The van der Waals surface area contributed by atoms with Gasteiger partial charge in [-0.2, -0.15) is 10.1 Å². The largest absolute Gasteiger partial charge is 0.337 e. The van der Waals surface area contributed by atoms with Gasteiger partial charge < -0.3 is 9.42 Å². The summed E-state index contributed by atoms with van der Waals surface area (Å²) >= 11 is 0. The van der Waals surface area contributed by atoms with Crippen LogP contribution in [0.4, 0.5) is 0 Å². The second-order valence-corrected chi connectivity index (χ2v) is 7.21. The first-order valence-corrected chi connectivity index (χ1v) is 9.32. The van der Waals surface area contributed by atoms with Crippen molar-refractivity contribution in [1.82, 2.24) is 24.8 Å². The van der Waals surface area contributed by atoms with Gasteiger partial charge in [0.25, 0.3) is 5.91 Å². The Morgan fingerprint density at radius 2 is 2.22 bits per heavy atom. The summed E-state index contributed by atoms with van der Waals surface area (Å²) in [5.74, 6) is 1.43. The van der Waals surface area contributed by atoms with Crippen LogP contribution in [0, 0.1) is 0 Å². The Kier molecular flexibility index (Phi) is 4.75. The second-order valence-electron chi connectivity index (χ2n) is 7.21. The molecule has 1 aromatic carbocycles. The highest BCUT2D eigenvalue weighted by atomic mass is 16.5. The van der Waals surface area contributed by atoms with Crippen LogP contribution in [-0.4, -0.2) is 37.3 Å². The summed E-state index contributed by atoms with van der Waals surface area (Å²) < 4.78 is 7.29. The number of aromatic nitrogens is 4. The minimum atomic E-state index is -0.146. The summed E-state index contributed by atoms with van der Waals surface area (Å²) in [6, 6.07) is 9.46. The molecule has 1 saturated heterocycles. The van der Waals surface area contributed by atoms with Gasteiger partial charge >= 0.3 is 0 Å². The van der Waals surface area contributed by atoms with E-state index < -0.39 is 0 Å². The first-order chi connectivity index (χ1) is 13.1. The molecule has 1 fully saturated rings. The van der Waals surface area contributed by atoms with E-state index in [9.17, 15) is 4.79 Å². The van der Waals surface area contributed by atoms with Crippen molar-refractivity contribution in [3.05, 3.63) is 65.6 Å². The average Bonchev–Trinajstić information content (AvgIpc) is 3.41. The molecule has 140 valence electrons. The number of benzene rings is 1. The Morgan fingerprint density at radius 3 is 2.96 bits per heavy atom. The monoisotopic (exact) mass is 365 g/mol. The summed E-state index contributed by atoms with van der Waals surface area (Å²) in [6.07, 6.45) is 5.44. The summed E-state index contributed by atoms with van der Waals surface area (Å²) in [5.41, 5.74) is 1.72. The maximum Gasteiger partial charge on any atom is 0.254 e. The maximum atomic E-state index is 13.1. The van der Waals surface area contributed by atoms with Gasteiger partial charge in [0, 0.05) is 30.4 Å². The van der Waals surface area contributed by atoms with E-state index in [1.54, 1.807) is 6.20 Å². The number of likely N-dealkylation sites (tertiary alicyclic amines) is 1. The van der Waals surface area contributed by atoms with Crippen LogP contribution in [0.15, 0.2) is 47.2 Å². The van der Waals surface area contributed by atoms with E-state index in [0.717, 1.165) is 18.4 Å². The first kappa shape index (κ1) is 17.5. The fourth-order valence-corrected chi connectivity index (χ4v) is 3.43. The van der Waals surface area contributed by atoms with Crippen LogP contribution in [0.25, 0.3) is 0 Å². The third kappa shape index (κ3) is 3.63. The molecule has 0 unspecified atom stereocenters. The van der Waals surface area contributed by atoms with Crippen LogP contribution in [0.3, 0.4) is 0 Å². The summed E-state index contributed by atoms with van der Waals surface area (Å²) in [7, 11) is 0. The molecule has 7 nitrogen and oxygen atoms in total. The van der Waals surface area contributed by atoms with Gasteiger partial charge in [0.15, 0.2) is 5.82 Å². The van der Waals surface area contributed by atoms with Crippen molar-refractivity contribution < 1.29 is 9.32 Å². The normalized spacial score (nSPS) is 17.0. The van der Waals surface area contributed by atoms with Crippen molar-refractivity contribution in [3.63, 3.8) is 0 Å². The van der Waals surface area contributed by atoms with Gasteiger partial charge in [-0.1, -0.05) is 31.1 Å². The number of rotatable bonds is 5. The second kappa shape index (κ2) is 7.34. The lowest BCUT2D eigenvalue weighted by Gasteiger charge is -2.22. The standard InChI is InChI=1S/C20H23N5O2/c1-14(2)18-22-19(27-23-18)17-8-4-11-25(17)20(26)16-7-3-6-15(12-16)13-24-10-5-9-21-24/h3,5-7,9-10,12,14,17H,4,8,11,13H2,1-2H3/t17-/m1/s1. The van der Waals surface area contributed by atoms with Gasteiger partial charge in [-0.25, -0.2) is 0 Å². The molecule has 0 bridgehead atoms. The molecular weight excluding hydrogens is 342 g/mol. The highest BCUT2D eigenvalue weighted by Crippen LogP contribution is 2.32. The summed E-state index contributed by atoms with van der Waals surface area (Å²) in [5, 5.41) is 8.27. The Hall–Kier alpha value is -2.96. The molecule has 1 atom stereocenters. The SMILES string of the molecule is CC(C)c1noc([C@H]2CCCN2C(=O)c2cccc(Cn3cccn3)c2)n1. The van der Waals surface area contributed by atoms with Gasteiger partial charge in [0.1, 0.15) is 6.04 Å². The zero-order chi connectivity index (χ0) is 18.8. The van der Waals surface area contributed by atoms with E-state index in [1.165, 1.54) is 0 Å². The van der Waals surface area contributed by atoms with E-state index >= 15 is 0 Å². The van der Waals surface area contributed by atoms with E-state index in [4.69, 9.17) is 4.52 Å². The zero-order valence-electron chi connectivity index (χ0n) is 15.6. The Bertz CT molecular complexity index is 916. The van der Waals surface area contributed by atoms with Gasteiger partial charge in [0.2, 0.25) is 5.89 Å². The van der Waals surface area contributed by atoms with Crippen LogP contribution in [0.1, 0.15) is 66.3 Å². The highest BCUT2D eigenvalue weighted by molar-refractivity contribution is 5.94. The van der Waals surface area contributed by atoms with Crippen molar-refractivity contribution in [3.8, 4) is 0 Å². The predicted molar refractivity (Wildman–Crippen MR) is 99.2 cm³/mol. The number of hydrogen-bond acceptors (Lipinski definition) is 5. The van der Waals surface area contributed by atoms with Crippen molar-refractivity contribution in [2.75, 3.05) is 6.54 Å². The van der Waals surface area contributed by atoms with E-state index in [1.807, 2.05) is 60.0 Å². The van der Waals surface area contributed by atoms with E-state index in [0.29, 0.717) is 30.4 Å². The highest BCUT2D eigenvalue weighted by Gasteiger charge is 2.34. The van der Waals surface area contributed by atoms with Crippen molar-refractivity contribution in [2.45, 2.75) is 45.2 Å². The molecule has 4 rings (SSSR count). The van der Waals surface area contributed by atoms with Gasteiger partial charge in [-0.05, 0) is 36.6 Å². The number of carbonyl (C=O) groups is 1. The van der Waals surface area contributed by atoms with Crippen molar-refractivity contribution in [1.29, 1.82) is 0 Å². The number of hydrogen-bond donors (Lipinski definition) is 0. The number of nitrogens with zero attached hydrogens (tertiary/aromatic N) is 5. The number of amides is 1. The molecule has 1 aliphatic heterocycles. The van der Waals surface area contributed by atoms with E-state index in [-0.39, 0.29) is 17.9 Å². The van der Waals surface area contributed by atoms with Crippen LogP contribution in [0.5, 0.6) is 0 Å². The molecule has 0 spiro atoms. The molecular formula is C20H23N5O2. The lowest BCUT2D eigenvalue weighted by Crippen LogP contribution is -2.30. The fourth-order valence-electron chi connectivity index (χ4n) is 3.43. The molecule has 2 aromatic heterocycles. The Labute approximate surface area is 158 Å². The molecule has 3 aromatic rings. The Morgan fingerprint density at radius 1 is 1.33 bits per heavy atom. The molecule has 3 heterocycles. The van der Waals surface area contributed by atoms with Gasteiger partial charge in [-0.15, -0.1) is 0 Å². The predicted octanol–water partition coefficient (Wildman–Crippen LogP) is 3.42. The molecule has 0 aliphatic carbocycles. The molecule has 1 amide bonds. The topological polar surface area (TPSA) is 77.0 Å². The third-order valence-electron chi connectivity index (χ3n) is 4.85. The lowest BCUT2D eigenvalue weighted by molar-refractivity contribution is 0.0710. The van der Waals surface area contributed by atoms with Crippen LogP contribution >= 0.6 is 0 Å². The molecule has 0 saturated carbocycles. The fraction of sp³-hybridized carbons (Fsp3) is 0.400.